The molecule has 5 aromatic carbocycles. The van der Waals surface area contributed by atoms with Crippen molar-refractivity contribution >= 4 is 22.0 Å². The lowest BCUT2D eigenvalue weighted by molar-refractivity contribution is 0.616. The van der Waals surface area contributed by atoms with Gasteiger partial charge in [-0.05, 0) is 46.8 Å². The van der Waals surface area contributed by atoms with Crippen molar-refractivity contribution in [1.29, 1.82) is 0 Å². The Hall–Kier alpha value is -4.89. The van der Waals surface area contributed by atoms with Crippen molar-refractivity contribution in [2.45, 2.75) is 19.7 Å². The number of nitrogens with zero attached hydrogens (tertiary/aromatic N) is 2. The van der Waals surface area contributed by atoms with Gasteiger partial charge in [-0.3, -0.25) is 4.57 Å². The lowest BCUT2D eigenvalue weighted by Gasteiger charge is -2.19. The van der Waals surface area contributed by atoms with E-state index in [1.54, 1.807) is 6.26 Å². The average molecular weight is 506 g/mol. The quantitative estimate of drug-likeness (QED) is 0.233. The van der Waals surface area contributed by atoms with Gasteiger partial charge in [0.1, 0.15) is 17.7 Å². The van der Waals surface area contributed by atoms with E-state index in [0.29, 0.717) is 0 Å². The zero-order chi connectivity index (χ0) is 27.3. The summed E-state index contributed by atoms with van der Waals surface area (Å²) in [6.45, 7) is 3.82. The summed E-state index contributed by atoms with van der Waals surface area (Å²) in [5.41, 5.74) is 10.1. The number of imidazole rings is 1. The van der Waals surface area contributed by atoms with Gasteiger partial charge in [0, 0.05) is 17.9 Å². The second kappa shape index (κ2) is 9.45. The Morgan fingerprint density at radius 3 is 2.00 bits per heavy atom. The Morgan fingerprint density at radius 1 is 0.692 bits per heavy atom. The van der Waals surface area contributed by atoms with Gasteiger partial charge in [-0.2, -0.15) is 0 Å². The van der Waals surface area contributed by atoms with Gasteiger partial charge in [-0.25, -0.2) is 4.98 Å². The molecule has 7 rings (SSSR count). The van der Waals surface area contributed by atoms with Gasteiger partial charge in [-0.15, -0.1) is 0 Å². The van der Waals surface area contributed by atoms with Gasteiger partial charge in [0.2, 0.25) is 0 Å². The molecule has 0 aliphatic rings. The Bertz CT molecular complexity index is 1920. The van der Waals surface area contributed by atoms with Crippen LogP contribution in [0.3, 0.4) is 0 Å². The summed E-state index contributed by atoms with van der Waals surface area (Å²) in [5, 5.41) is 0.952. The smallest absolute Gasteiger partial charge is 0.149 e. The van der Waals surface area contributed by atoms with E-state index in [-0.39, 0.29) is 0 Å². The van der Waals surface area contributed by atoms with Crippen molar-refractivity contribution in [3.63, 3.8) is 0 Å². The number of hydrogen-bond acceptors (Lipinski definition) is 2. The van der Waals surface area contributed by atoms with Crippen LogP contribution in [0.2, 0.25) is 0 Å². The van der Waals surface area contributed by atoms with E-state index >= 15 is 0 Å². The Balaban J connectivity index is 1.60. The molecular formula is C36H28N2O. The number of furan rings is 1. The van der Waals surface area contributed by atoms with E-state index in [1.807, 2.05) is 44.2 Å². The molecular weight excluding hydrogens is 476 g/mol. The van der Waals surface area contributed by atoms with Crippen molar-refractivity contribution in [2.75, 3.05) is 0 Å². The molecule has 0 fully saturated rings. The largest absolute Gasteiger partial charge is 0.464 e. The second-order valence-electron chi connectivity index (χ2n) is 10.1. The maximum atomic E-state index is 8.64. The number of fused-ring (bicyclic) bond motifs is 2. The van der Waals surface area contributed by atoms with Crippen LogP contribution in [-0.4, -0.2) is 9.55 Å². The van der Waals surface area contributed by atoms with Crippen LogP contribution in [0.15, 0.2) is 132 Å². The van der Waals surface area contributed by atoms with Crippen LogP contribution >= 0.6 is 0 Å². The number of benzene rings is 5. The maximum Gasteiger partial charge on any atom is 0.149 e. The third kappa shape index (κ3) is 3.95. The zero-order valence-electron chi connectivity index (χ0n) is 22.9. The van der Waals surface area contributed by atoms with E-state index in [9.17, 15) is 0 Å². The molecule has 0 radical (unpaired) electrons. The fourth-order valence-electron chi connectivity index (χ4n) is 5.43. The molecule has 39 heavy (non-hydrogen) atoms. The van der Waals surface area contributed by atoms with Crippen molar-refractivity contribution < 1.29 is 5.79 Å². The summed E-state index contributed by atoms with van der Waals surface area (Å²) in [7, 11) is 0. The molecule has 0 amide bonds. The molecule has 0 N–H and O–H groups in total. The summed E-state index contributed by atoms with van der Waals surface area (Å²) in [4.78, 5) is 5.20. The van der Waals surface area contributed by atoms with Crippen LogP contribution in [0.4, 0.5) is 0 Å². The number of aromatic nitrogens is 2. The lowest BCUT2D eigenvalue weighted by Crippen LogP contribution is -2.03. The molecule has 0 atom stereocenters. The Kier molecular flexibility index (Phi) is 5.36. The zero-order valence-corrected chi connectivity index (χ0v) is 21.9. The SMILES string of the molecule is [2H]C(C)(C)c1ccc2occ(-c3nc4ccccc4n3-c3c(-c4ccccc4)cccc3-c3ccccc3)c2c1. The van der Waals surface area contributed by atoms with Gasteiger partial charge >= 0.3 is 0 Å². The number of hydrogen-bond donors (Lipinski definition) is 0. The minimum absolute atomic E-state index is 0.733. The monoisotopic (exact) mass is 505 g/mol. The van der Waals surface area contributed by atoms with Crippen LogP contribution in [0.5, 0.6) is 0 Å². The number of para-hydroxylation sites is 3. The first-order chi connectivity index (χ1) is 19.5. The van der Waals surface area contributed by atoms with E-state index in [4.69, 9.17) is 10.8 Å². The van der Waals surface area contributed by atoms with E-state index < -0.39 is 5.89 Å². The fraction of sp³-hybridized carbons (Fsp3) is 0.0833. The van der Waals surface area contributed by atoms with Gasteiger partial charge in [0.05, 0.1) is 22.3 Å². The van der Waals surface area contributed by atoms with Crippen molar-refractivity contribution in [3.8, 4) is 39.3 Å². The second-order valence-corrected chi connectivity index (χ2v) is 10.1. The third-order valence-corrected chi connectivity index (χ3v) is 7.38. The maximum absolute atomic E-state index is 8.64. The molecule has 0 saturated carbocycles. The highest BCUT2D eigenvalue weighted by Gasteiger charge is 2.23. The van der Waals surface area contributed by atoms with Crippen LogP contribution in [0, 0.1) is 0 Å². The molecule has 0 aliphatic heterocycles. The lowest BCUT2D eigenvalue weighted by atomic mass is 9.95. The average Bonchev–Trinajstić information content (AvgIpc) is 3.58. The molecule has 3 heteroatoms. The minimum Gasteiger partial charge on any atom is -0.464 e. The highest BCUT2D eigenvalue weighted by Crippen LogP contribution is 2.42. The van der Waals surface area contributed by atoms with Crippen molar-refractivity contribution in [1.82, 2.24) is 9.55 Å². The first-order valence-electron chi connectivity index (χ1n) is 13.7. The molecule has 3 nitrogen and oxygen atoms in total. The molecule has 0 saturated heterocycles. The minimum atomic E-state index is -0.733. The molecule has 7 aromatic rings. The standard InChI is InChI=1S/C36H28N2O/c1-24(2)27-20-21-34-30(22-27)31(23-39-34)36-37-32-18-9-10-19-33(32)38(36)35-28(25-12-5-3-6-13-25)16-11-17-29(35)26-14-7-4-8-15-26/h3-24H,1-2H3/i24D. The molecule has 0 unspecified atom stereocenters. The number of rotatable bonds is 5. The van der Waals surface area contributed by atoms with Gasteiger partial charge in [-0.1, -0.05) is 111 Å². The molecule has 2 aromatic heterocycles. The van der Waals surface area contributed by atoms with Crippen LogP contribution in [0.1, 0.15) is 26.7 Å². The molecule has 0 bridgehead atoms. The first-order valence-corrected chi connectivity index (χ1v) is 13.2. The van der Waals surface area contributed by atoms with Gasteiger partial charge < -0.3 is 4.42 Å². The topological polar surface area (TPSA) is 31.0 Å². The van der Waals surface area contributed by atoms with Gasteiger partial charge in [0.25, 0.3) is 0 Å². The van der Waals surface area contributed by atoms with Crippen LogP contribution in [0.25, 0.3) is 61.3 Å². The van der Waals surface area contributed by atoms with E-state index in [1.165, 1.54) is 0 Å². The molecule has 188 valence electrons. The molecule has 2 heterocycles. The third-order valence-electron chi connectivity index (χ3n) is 7.38. The predicted octanol–water partition coefficient (Wildman–Crippen LogP) is 9.90. The Morgan fingerprint density at radius 2 is 1.33 bits per heavy atom. The fourth-order valence-corrected chi connectivity index (χ4v) is 5.43. The van der Waals surface area contributed by atoms with Crippen molar-refractivity contribution in [3.05, 3.63) is 133 Å². The summed E-state index contributed by atoms with van der Waals surface area (Å²) in [5.74, 6) is 0.0731. The highest BCUT2D eigenvalue weighted by molar-refractivity contribution is 5.98. The van der Waals surface area contributed by atoms with E-state index in [0.717, 1.165) is 66.9 Å². The summed E-state index contributed by atoms with van der Waals surface area (Å²) in [6, 6.07) is 41.8. The van der Waals surface area contributed by atoms with Crippen molar-refractivity contribution in [2.24, 2.45) is 0 Å². The summed E-state index contributed by atoms with van der Waals surface area (Å²) in [6.07, 6.45) is 1.80. The van der Waals surface area contributed by atoms with Gasteiger partial charge in [0.15, 0.2) is 0 Å². The predicted molar refractivity (Wildman–Crippen MR) is 161 cm³/mol. The summed E-state index contributed by atoms with van der Waals surface area (Å²) < 4.78 is 17.0. The first kappa shape index (κ1) is 22.1. The normalized spacial score (nSPS) is 12.2. The molecule has 0 spiro atoms. The summed E-state index contributed by atoms with van der Waals surface area (Å²) >= 11 is 0. The molecule has 0 aliphatic carbocycles. The highest BCUT2D eigenvalue weighted by atomic mass is 16.3. The van der Waals surface area contributed by atoms with Crippen LogP contribution < -0.4 is 0 Å². The Labute approximate surface area is 229 Å². The van der Waals surface area contributed by atoms with Crippen LogP contribution in [-0.2, 0) is 0 Å². The van der Waals surface area contributed by atoms with E-state index in [2.05, 4.69) is 95.6 Å².